The summed E-state index contributed by atoms with van der Waals surface area (Å²) in [5.74, 6) is 1.59. The summed E-state index contributed by atoms with van der Waals surface area (Å²) in [7, 11) is 1.72. The van der Waals surface area contributed by atoms with Crippen LogP contribution in [0.1, 0.15) is 18.9 Å². The first-order valence-electron chi connectivity index (χ1n) is 6.40. The molecule has 1 aliphatic heterocycles. The topological polar surface area (TPSA) is 38.5 Å². The zero-order valence-electron chi connectivity index (χ0n) is 11.4. The summed E-state index contributed by atoms with van der Waals surface area (Å²) in [6, 6.07) is 6.45. The van der Waals surface area contributed by atoms with Gasteiger partial charge < -0.3 is 10.5 Å². The Labute approximate surface area is 130 Å². The van der Waals surface area contributed by atoms with E-state index in [0.717, 1.165) is 29.9 Å². The normalized spacial score (nSPS) is 20.9. The van der Waals surface area contributed by atoms with Crippen molar-refractivity contribution in [3.63, 3.8) is 0 Å². The largest absolute Gasteiger partial charge is 0.496 e. The van der Waals surface area contributed by atoms with Gasteiger partial charge in [-0.25, -0.2) is 0 Å². The molecule has 0 saturated carbocycles. The third-order valence-electron chi connectivity index (χ3n) is 3.69. The van der Waals surface area contributed by atoms with Crippen molar-refractivity contribution < 1.29 is 4.74 Å². The standard InChI is InChI=1S/C14H21BrN2O.ClH/c1-10(16)11-5-6-17(8-11)9-12-7-13(15)3-4-14(12)18-2;/h3-4,7,10-11H,5-6,8-9,16H2,1-2H3;1H. The predicted molar refractivity (Wildman–Crippen MR) is 85.0 cm³/mol. The molecule has 2 N–H and O–H groups in total. The number of halogens is 2. The van der Waals surface area contributed by atoms with Crippen LogP contribution in [0.5, 0.6) is 5.75 Å². The zero-order valence-corrected chi connectivity index (χ0v) is 13.8. The first kappa shape index (κ1) is 16.8. The van der Waals surface area contributed by atoms with Gasteiger partial charge in [-0.1, -0.05) is 15.9 Å². The minimum absolute atomic E-state index is 0. The van der Waals surface area contributed by atoms with Crippen molar-refractivity contribution in [1.82, 2.24) is 4.90 Å². The summed E-state index contributed by atoms with van der Waals surface area (Å²) in [5.41, 5.74) is 7.21. The van der Waals surface area contributed by atoms with Gasteiger partial charge in [0.2, 0.25) is 0 Å². The van der Waals surface area contributed by atoms with E-state index in [-0.39, 0.29) is 12.4 Å². The molecule has 1 saturated heterocycles. The van der Waals surface area contributed by atoms with Crippen molar-refractivity contribution in [2.45, 2.75) is 25.9 Å². The first-order valence-corrected chi connectivity index (χ1v) is 7.20. The molecule has 0 amide bonds. The van der Waals surface area contributed by atoms with Gasteiger partial charge >= 0.3 is 0 Å². The summed E-state index contributed by atoms with van der Waals surface area (Å²) in [6.07, 6.45) is 1.20. The summed E-state index contributed by atoms with van der Waals surface area (Å²) in [6.45, 7) is 5.26. The molecule has 0 aromatic heterocycles. The number of methoxy groups -OCH3 is 1. The van der Waals surface area contributed by atoms with Crippen LogP contribution in [0, 0.1) is 5.92 Å². The molecule has 1 fully saturated rings. The van der Waals surface area contributed by atoms with E-state index >= 15 is 0 Å². The number of ether oxygens (including phenoxy) is 1. The van der Waals surface area contributed by atoms with Crippen LogP contribution in [0.4, 0.5) is 0 Å². The van der Waals surface area contributed by atoms with Crippen molar-refractivity contribution in [3.8, 4) is 5.75 Å². The highest BCUT2D eigenvalue weighted by atomic mass is 79.9. The van der Waals surface area contributed by atoms with E-state index in [2.05, 4.69) is 33.8 Å². The van der Waals surface area contributed by atoms with E-state index in [1.54, 1.807) is 7.11 Å². The molecule has 0 aliphatic carbocycles. The van der Waals surface area contributed by atoms with Gasteiger partial charge in [0.1, 0.15) is 5.75 Å². The maximum absolute atomic E-state index is 5.97. The molecule has 0 spiro atoms. The van der Waals surface area contributed by atoms with Crippen LogP contribution in [-0.4, -0.2) is 31.1 Å². The Balaban J connectivity index is 0.00000180. The third kappa shape index (κ3) is 4.35. The van der Waals surface area contributed by atoms with Gasteiger partial charge in [-0.3, -0.25) is 4.90 Å². The molecule has 1 heterocycles. The van der Waals surface area contributed by atoms with Gasteiger partial charge in [0.25, 0.3) is 0 Å². The van der Waals surface area contributed by atoms with Crippen LogP contribution in [0.2, 0.25) is 0 Å². The fourth-order valence-corrected chi connectivity index (χ4v) is 2.96. The van der Waals surface area contributed by atoms with Crippen LogP contribution in [0.15, 0.2) is 22.7 Å². The number of nitrogens with two attached hydrogens (primary N) is 1. The van der Waals surface area contributed by atoms with E-state index in [1.807, 2.05) is 12.1 Å². The van der Waals surface area contributed by atoms with Crippen LogP contribution < -0.4 is 10.5 Å². The number of nitrogens with zero attached hydrogens (tertiary/aromatic N) is 1. The van der Waals surface area contributed by atoms with E-state index in [4.69, 9.17) is 10.5 Å². The SMILES string of the molecule is COc1ccc(Br)cc1CN1CCC(C(C)N)C1.Cl. The Kier molecular flexibility index (Phi) is 6.60. The average Bonchev–Trinajstić information content (AvgIpc) is 2.78. The summed E-state index contributed by atoms with van der Waals surface area (Å²) in [5, 5.41) is 0. The Morgan fingerprint density at radius 3 is 2.84 bits per heavy atom. The maximum Gasteiger partial charge on any atom is 0.123 e. The summed E-state index contributed by atoms with van der Waals surface area (Å²) >= 11 is 3.52. The van der Waals surface area contributed by atoms with E-state index < -0.39 is 0 Å². The molecule has 108 valence electrons. The Hall–Kier alpha value is -0.290. The molecule has 0 bridgehead atoms. The summed E-state index contributed by atoms with van der Waals surface area (Å²) < 4.78 is 6.51. The van der Waals surface area contributed by atoms with Gasteiger partial charge in [0, 0.05) is 29.2 Å². The Bertz CT molecular complexity index is 414. The Morgan fingerprint density at radius 2 is 2.26 bits per heavy atom. The minimum atomic E-state index is 0. The van der Waals surface area contributed by atoms with Gasteiger partial charge in [-0.2, -0.15) is 0 Å². The lowest BCUT2D eigenvalue weighted by atomic mass is 10.0. The molecule has 2 unspecified atom stereocenters. The Morgan fingerprint density at radius 1 is 1.53 bits per heavy atom. The molecule has 1 aromatic rings. The quantitative estimate of drug-likeness (QED) is 0.908. The second-order valence-corrected chi connectivity index (χ2v) is 6.01. The van der Waals surface area contributed by atoms with Crippen molar-refractivity contribution >= 4 is 28.3 Å². The van der Waals surface area contributed by atoms with Crippen LogP contribution in [0.25, 0.3) is 0 Å². The molecule has 1 aromatic carbocycles. The van der Waals surface area contributed by atoms with Crippen molar-refractivity contribution in [2.24, 2.45) is 11.7 Å². The van der Waals surface area contributed by atoms with E-state index in [1.165, 1.54) is 12.0 Å². The van der Waals surface area contributed by atoms with Crippen molar-refractivity contribution in [1.29, 1.82) is 0 Å². The first-order chi connectivity index (χ1) is 8.60. The summed E-state index contributed by atoms with van der Waals surface area (Å²) in [4.78, 5) is 2.46. The molecule has 0 radical (unpaired) electrons. The van der Waals surface area contributed by atoms with Gasteiger partial charge in [-0.05, 0) is 44.0 Å². The number of likely N-dealkylation sites (tertiary alicyclic amines) is 1. The number of hydrogen-bond donors (Lipinski definition) is 1. The number of hydrogen-bond acceptors (Lipinski definition) is 3. The predicted octanol–water partition coefficient (Wildman–Crippen LogP) is 3.05. The lowest BCUT2D eigenvalue weighted by molar-refractivity contribution is 0.301. The van der Waals surface area contributed by atoms with Crippen molar-refractivity contribution in [2.75, 3.05) is 20.2 Å². The van der Waals surface area contributed by atoms with E-state index in [0.29, 0.717) is 12.0 Å². The molecule has 5 heteroatoms. The molecule has 3 nitrogen and oxygen atoms in total. The minimum Gasteiger partial charge on any atom is -0.496 e. The molecule has 2 atom stereocenters. The zero-order chi connectivity index (χ0) is 13.1. The lowest BCUT2D eigenvalue weighted by Gasteiger charge is -2.19. The second kappa shape index (κ2) is 7.48. The van der Waals surface area contributed by atoms with Crippen LogP contribution in [0.3, 0.4) is 0 Å². The van der Waals surface area contributed by atoms with Crippen LogP contribution >= 0.6 is 28.3 Å². The van der Waals surface area contributed by atoms with E-state index in [9.17, 15) is 0 Å². The highest BCUT2D eigenvalue weighted by Gasteiger charge is 2.25. The highest BCUT2D eigenvalue weighted by Crippen LogP contribution is 2.27. The maximum atomic E-state index is 5.97. The highest BCUT2D eigenvalue weighted by molar-refractivity contribution is 9.10. The molecular formula is C14H22BrClN2O. The smallest absolute Gasteiger partial charge is 0.123 e. The van der Waals surface area contributed by atoms with Gasteiger partial charge in [-0.15, -0.1) is 12.4 Å². The molecule has 1 aliphatic rings. The fraction of sp³-hybridized carbons (Fsp3) is 0.571. The number of rotatable bonds is 4. The second-order valence-electron chi connectivity index (χ2n) is 5.10. The number of benzene rings is 1. The molecule has 2 rings (SSSR count). The fourth-order valence-electron chi connectivity index (χ4n) is 2.55. The van der Waals surface area contributed by atoms with Gasteiger partial charge in [0.05, 0.1) is 7.11 Å². The molecular weight excluding hydrogens is 328 g/mol. The monoisotopic (exact) mass is 348 g/mol. The average molecular weight is 350 g/mol. The van der Waals surface area contributed by atoms with Crippen molar-refractivity contribution in [3.05, 3.63) is 28.2 Å². The lowest BCUT2D eigenvalue weighted by Crippen LogP contribution is -2.29. The van der Waals surface area contributed by atoms with Gasteiger partial charge in [0.15, 0.2) is 0 Å². The van der Waals surface area contributed by atoms with Crippen LogP contribution in [-0.2, 0) is 6.54 Å². The third-order valence-corrected chi connectivity index (χ3v) is 4.18. The molecule has 19 heavy (non-hydrogen) atoms.